The van der Waals surface area contributed by atoms with E-state index in [1.807, 2.05) is 40.8 Å². The van der Waals surface area contributed by atoms with E-state index in [0.29, 0.717) is 29.4 Å². The average Bonchev–Trinajstić information content (AvgIpc) is 3.10. The van der Waals surface area contributed by atoms with E-state index in [1.165, 1.54) is 0 Å². The summed E-state index contributed by atoms with van der Waals surface area (Å²) in [6.45, 7) is 4.77. The lowest BCUT2D eigenvalue weighted by Crippen LogP contribution is -2.34. The van der Waals surface area contributed by atoms with Crippen molar-refractivity contribution in [3.05, 3.63) is 46.7 Å². The van der Waals surface area contributed by atoms with Crippen LogP contribution in [0.1, 0.15) is 6.42 Å². The highest BCUT2D eigenvalue weighted by Gasteiger charge is 2.31. The predicted octanol–water partition coefficient (Wildman–Crippen LogP) is 3.00. The first kappa shape index (κ1) is 19.3. The number of allylic oxidation sites excluding steroid dienone is 1. The van der Waals surface area contributed by atoms with Gasteiger partial charge in [0.05, 0.1) is 18.2 Å². The predicted molar refractivity (Wildman–Crippen MR) is 107 cm³/mol. The van der Waals surface area contributed by atoms with Gasteiger partial charge in [-0.05, 0) is 50.0 Å². The standard InChI is InChI=1S/C17H21ClN4O2S2/c1-3-9-21-16(13-4-6-14(18)7-5-13)19-22(17(21)25)12-20(2)15-8-10-26(23,24)11-15/h3-7,15H,1,8-12H2,2H3/t15-/m0/s1. The van der Waals surface area contributed by atoms with E-state index >= 15 is 0 Å². The monoisotopic (exact) mass is 412 g/mol. The molecule has 26 heavy (non-hydrogen) atoms. The summed E-state index contributed by atoms with van der Waals surface area (Å²) in [4.78, 5) is 2.00. The fraction of sp³-hybridized carbons (Fsp3) is 0.412. The molecule has 1 atom stereocenters. The molecule has 6 nitrogen and oxygen atoms in total. The van der Waals surface area contributed by atoms with Crippen LogP contribution in [0.15, 0.2) is 36.9 Å². The third-order valence-electron chi connectivity index (χ3n) is 4.53. The first-order valence-electron chi connectivity index (χ1n) is 8.26. The lowest BCUT2D eigenvalue weighted by atomic mass is 10.2. The lowest BCUT2D eigenvalue weighted by Gasteiger charge is -2.22. The zero-order valence-electron chi connectivity index (χ0n) is 14.5. The van der Waals surface area contributed by atoms with Crippen molar-refractivity contribution < 1.29 is 8.42 Å². The molecule has 3 rings (SSSR count). The minimum Gasteiger partial charge on any atom is -0.296 e. The normalized spacial score (nSPS) is 19.1. The van der Waals surface area contributed by atoms with Crippen molar-refractivity contribution in [1.29, 1.82) is 0 Å². The molecule has 9 heteroatoms. The zero-order valence-corrected chi connectivity index (χ0v) is 16.9. The quantitative estimate of drug-likeness (QED) is 0.539. The van der Waals surface area contributed by atoms with Gasteiger partial charge in [0.2, 0.25) is 0 Å². The van der Waals surface area contributed by atoms with E-state index in [0.717, 1.165) is 11.4 Å². The largest absolute Gasteiger partial charge is 0.296 e. The van der Waals surface area contributed by atoms with Crippen molar-refractivity contribution in [3.8, 4) is 11.4 Å². The van der Waals surface area contributed by atoms with Gasteiger partial charge < -0.3 is 0 Å². The van der Waals surface area contributed by atoms with Crippen molar-refractivity contribution in [2.75, 3.05) is 18.6 Å². The second-order valence-corrected chi connectivity index (χ2v) is 9.50. The van der Waals surface area contributed by atoms with Crippen LogP contribution in [0, 0.1) is 4.77 Å². The highest BCUT2D eigenvalue weighted by atomic mass is 35.5. The SMILES string of the molecule is C=CCn1c(-c2ccc(Cl)cc2)nn(CN(C)[C@H]2CCS(=O)(=O)C2)c1=S. The van der Waals surface area contributed by atoms with Crippen molar-refractivity contribution in [3.63, 3.8) is 0 Å². The Morgan fingerprint density at radius 3 is 2.69 bits per heavy atom. The Morgan fingerprint density at radius 1 is 1.42 bits per heavy atom. The Morgan fingerprint density at radius 2 is 2.12 bits per heavy atom. The van der Waals surface area contributed by atoms with E-state index < -0.39 is 9.84 Å². The minimum absolute atomic E-state index is 0.00886. The maximum atomic E-state index is 11.7. The third-order valence-corrected chi connectivity index (χ3v) is 6.96. The molecule has 0 radical (unpaired) electrons. The topological polar surface area (TPSA) is 60.1 Å². The van der Waals surface area contributed by atoms with Gasteiger partial charge in [-0.1, -0.05) is 17.7 Å². The first-order chi connectivity index (χ1) is 12.3. The molecule has 1 aliphatic heterocycles. The Labute approximate surface area is 163 Å². The van der Waals surface area contributed by atoms with E-state index in [9.17, 15) is 8.42 Å². The summed E-state index contributed by atoms with van der Waals surface area (Å²) in [5, 5.41) is 5.33. The molecule has 0 aliphatic carbocycles. The van der Waals surface area contributed by atoms with Gasteiger partial charge in [-0.15, -0.1) is 6.58 Å². The molecular weight excluding hydrogens is 392 g/mol. The zero-order chi connectivity index (χ0) is 18.9. The highest BCUT2D eigenvalue weighted by Crippen LogP contribution is 2.22. The van der Waals surface area contributed by atoms with Gasteiger partial charge >= 0.3 is 0 Å². The van der Waals surface area contributed by atoms with E-state index in [4.69, 9.17) is 23.8 Å². The van der Waals surface area contributed by atoms with Gasteiger partial charge in [-0.25, -0.2) is 13.1 Å². The van der Waals surface area contributed by atoms with Crippen LogP contribution in [0.5, 0.6) is 0 Å². The number of aromatic nitrogens is 3. The molecule has 0 bridgehead atoms. The fourth-order valence-electron chi connectivity index (χ4n) is 3.09. The Hall–Kier alpha value is -1.48. The number of hydrogen-bond acceptors (Lipinski definition) is 5. The summed E-state index contributed by atoms with van der Waals surface area (Å²) in [7, 11) is -1.03. The fourth-order valence-corrected chi connectivity index (χ4v) is 5.28. The van der Waals surface area contributed by atoms with Gasteiger partial charge in [0.15, 0.2) is 20.4 Å². The van der Waals surface area contributed by atoms with E-state index in [-0.39, 0.29) is 17.5 Å². The smallest absolute Gasteiger partial charge is 0.199 e. The van der Waals surface area contributed by atoms with Crippen molar-refractivity contribution in [2.24, 2.45) is 0 Å². The third kappa shape index (κ3) is 4.09. The first-order valence-corrected chi connectivity index (χ1v) is 10.9. The highest BCUT2D eigenvalue weighted by molar-refractivity contribution is 7.91. The second-order valence-electron chi connectivity index (χ2n) is 6.47. The van der Waals surface area contributed by atoms with Crippen molar-refractivity contribution in [2.45, 2.75) is 25.7 Å². The van der Waals surface area contributed by atoms with E-state index in [2.05, 4.69) is 11.7 Å². The second kappa shape index (κ2) is 7.64. The number of nitrogens with zero attached hydrogens (tertiary/aromatic N) is 4. The van der Waals surface area contributed by atoms with Crippen LogP contribution in [0.4, 0.5) is 0 Å². The Balaban J connectivity index is 1.90. The van der Waals surface area contributed by atoms with Gasteiger partial charge in [0.1, 0.15) is 0 Å². The molecule has 0 saturated carbocycles. The molecule has 1 aromatic carbocycles. The molecule has 2 aromatic rings. The molecule has 2 heterocycles. The van der Waals surface area contributed by atoms with Gasteiger partial charge in [0.25, 0.3) is 0 Å². The Kier molecular flexibility index (Phi) is 5.67. The number of halogens is 1. The average molecular weight is 413 g/mol. The molecule has 1 fully saturated rings. The maximum absolute atomic E-state index is 11.7. The molecule has 1 saturated heterocycles. The van der Waals surface area contributed by atoms with E-state index in [1.54, 1.807) is 10.8 Å². The summed E-state index contributed by atoms with van der Waals surface area (Å²) in [6.07, 6.45) is 2.41. The Bertz CT molecular complexity index is 964. The van der Waals surface area contributed by atoms with Gasteiger partial charge in [-0.3, -0.25) is 9.47 Å². The molecule has 1 aliphatic rings. The summed E-state index contributed by atoms with van der Waals surface area (Å²) in [5.41, 5.74) is 0.909. The van der Waals surface area contributed by atoms with Crippen molar-refractivity contribution in [1.82, 2.24) is 19.2 Å². The van der Waals surface area contributed by atoms with Crippen LogP contribution in [0.25, 0.3) is 11.4 Å². The lowest BCUT2D eigenvalue weighted by molar-refractivity contribution is 0.196. The number of hydrogen-bond donors (Lipinski definition) is 0. The van der Waals surface area contributed by atoms with Crippen LogP contribution in [0.2, 0.25) is 5.02 Å². The van der Waals surface area contributed by atoms with Crippen LogP contribution in [-0.2, 0) is 23.1 Å². The van der Waals surface area contributed by atoms with Crippen LogP contribution < -0.4 is 0 Å². The molecule has 0 N–H and O–H groups in total. The number of benzene rings is 1. The molecule has 0 spiro atoms. The molecule has 0 unspecified atom stereocenters. The van der Waals surface area contributed by atoms with Gasteiger partial charge in [-0.2, -0.15) is 5.10 Å². The molecule has 1 aromatic heterocycles. The van der Waals surface area contributed by atoms with Crippen LogP contribution in [-0.4, -0.2) is 52.3 Å². The number of sulfone groups is 1. The van der Waals surface area contributed by atoms with Crippen LogP contribution >= 0.6 is 23.8 Å². The summed E-state index contributed by atoms with van der Waals surface area (Å²) >= 11 is 11.6. The summed E-state index contributed by atoms with van der Waals surface area (Å²) in [6, 6.07) is 7.41. The molecule has 0 amide bonds. The summed E-state index contributed by atoms with van der Waals surface area (Å²) in [5.74, 6) is 1.17. The summed E-state index contributed by atoms with van der Waals surface area (Å²) < 4.78 is 27.7. The minimum atomic E-state index is -2.93. The van der Waals surface area contributed by atoms with Gasteiger partial charge in [0, 0.05) is 23.2 Å². The van der Waals surface area contributed by atoms with Crippen LogP contribution in [0.3, 0.4) is 0 Å². The molecular formula is C17H21ClN4O2S2. The van der Waals surface area contributed by atoms with Crippen molar-refractivity contribution >= 4 is 33.7 Å². The molecule has 140 valence electrons. The maximum Gasteiger partial charge on any atom is 0.199 e. The number of rotatable bonds is 6.